The first-order valence-corrected chi connectivity index (χ1v) is 5.30. The molecule has 3 rings (SSSR count). The molecule has 0 aromatic heterocycles. The topological polar surface area (TPSA) is 38.7 Å². The summed E-state index contributed by atoms with van der Waals surface area (Å²) < 4.78 is 10.9. The van der Waals surface area contributed by atoms with Gasteiger partial charge in [-0.25, -0.2) is 0 Å². The van der Waals surface area contributed by atoms with Gasteiger partial charge in [0.2, 0.25) is 0 Å². The van der Waals surface area contributed by atoms with Crippen molar-refractivity contribution in [2.24, 2.45) is 0 Å². The van der Waals surface area contributed by atoms with Crippen LogP contribution in [0.25, 0.3) is 10.8 Å². The zero-order valence-electron chi connectivity index (χ0n) is 8.72. The summed E-state index contributed by atoms with van der Waals surface area (Å²) in [6, 6.07) is 11.5. The highest BCUT2D eigenvalue weighted by Crippen LogP contribution is 2.36. The van der Waals surface area contributed by atoms with Crippen LogP contribution in [0.5, 0.6) is 5.75 Å². The van der Waals surface area contributed by atoms with Gasteiger partial charge in [-0.1, -0.05) is 30.3 Å². The van der Waals surface area contributed by atoms with Crippen molar-refractivity contribution in [2.75, 3.05) is 13.2 Å². The van der Waals surface area contributed by atoms with Crippen LogP contribution >= 0.6 is 0 Å². The number of phenolic OH excluding ortho intramolecular Hbond substituents is 1. The summed E-state index contributed by atoms with van der Waals surface area (Å²) in [5.41, 5.74) is 0.732. The third kappa shape index (κ3) is 1.45. The Kier molecular flexibility index (Phi) is 2.27. The number of hydrogen-bond donors (Lipinski definition) is 1. The maximum atomic E-state index is 9.91. The highest BCUT2D eigenvalue weighted by molar-refractivity contribution is 5.87. The minimum Gasteiger partial charge on any atom is -0.507 e. The Morgan fingerprint density at radius 1 is 1.00 bits per heavy atom. The largest absolute Gasteiger partial charge is 0.507 e. The summed E-state index contributed by atoms with van der Waals surface area (Å²) in [4.78, 5) is 0. The smallest absolute Gasteiger partial charge is 0.188 e. The lowest BCUT2D eigenvalue weighted by Gasteiger charge is -2.14. The van der Waals surface area contributed by atoms with E-state index in [1.807, 2.05) is 30.3 Å². The summed E-state index contributed by atoms with van der Waals surface area (Å²) in [5.74, 6) is 0.227. The van der Waals surface area contributed by atoms with Gasteiger partial charge in [-0.15, -0.1) is 0 Å². The normalized spacial score (nSPS) is 17.0. The summed E-state index contributed by atoms with van der Waals surface area (Å²) in [6.45, 7) is 1.15. The summed E-state index contributed by atoms with van der Waals surface area (Å²) in [6.07, 6.45) is -0.439. The lowest BCUT2D eigenvalue weighted by molar-refractivity contribution is -0.0443. The fourth-order valence-corrected chi connectivity index (χ4v) is 2.06. The van der Waals surface area contributed by atoms with Crippen LogP contribution in [-0.2, 0) is 9.47 Å². The highest BCUT2D eigenvalue weighted by atomic mass is 16.7. The zero-order chi connectivity index (χ0) is 11.0. The van der Waals surface area contributed by atoms with E-state index >= 15 is 0 Å². The van der Waals surface area contributed by atoms with Crippen LogP contribution in [0.2, 0.25) is 0 Å². The van der Waals surface area contributed by atoms with Crippen LogP contribution in [0.1, 0.15) is 11.9 Å². The zero-order valence-corrected chi connectivity index (χ0v) is 8.72. The van der Waals surface area contributed by atoms with E-state index in [1.165, 1.54) is 0 Å². The van der Waals surface area contributed by atoms with Gasteiger partial charge in [-0.05, 0) is 16.8 Å². The van der Waals surface area contributed by atoms with Crippen molar-refractivity contribution in [1.82, 2.24) is 0 Å². The fraction of sp³-hybridized carbons (Fsp3) is 0.231. The molecule has 0 atom stereocenters. The van der Waals surface area contributed by atoms with Gasteiger partial charge in [0.15, 0.2) is 6.29 Å². The molecular formula is C13H12O3. The second-order valence-electron chi connectivity index (χ2n) is 3.79. The average Bonchev–Trinajstić information content (AvgIpc) is 2.82. The molecule has 0 radical (unpaired) electrons. The molecule has 1 heterocycles. The Morgan fingerprint density at radius 3 is 2.56 bits per heavy atom. The van der Waals surface area contributed by atoms with Crippen molar-refractivity contribution in [3.63, 3.8) is 0 Å². The number of hydrogen-bond acceptors (Lipinski definition) is 3. The van der Waals surface area contributed by atoms with Crippen LogP contribution in [0.4, 0.5) is 0 Å². The average molecular weight is 216 g/mol. The van der Waals surface area contributed by atoms with E-state index < -0.39 is 6.29 Å². The Balaban J connectivity index is 2.23. The number of ether oxygens (including phenoxy) is 2. The first-order valence-electron chi connectivity index (χ1n) is 5.30. The van der Waals surface area contributed by atoms with Crippen molar-refractivity contribution in [1.29, 1.82) is 0 Å². The number of fused-ring (bicyclic) bond motifs is 1. The minimum absolute atomic E-state index is 0.227. The van der Waals surface area contributed by atoms with Gasteiger partial charge >= 0.3 is 0 Å². The summed E-state index contributed by atoms with van der Waals surface area (Å²) >= 11 is 0. The van der Waals surface area contributed by atoms with Crippen LogP contribution < -0.4 is 0 Å². The summed E-state index contributed by atoms with van der Waals surface area (Å²) in [5, 5.41) is 12.0. The molecule has 1 fully saturated rings. The van der Waals surface area contributed by atoms with Crippen molar-refractivity contribution in [3.05, 3.63) is 42.0 Å². The molecule has 16 heavy (non-hydrogen) atoms. The Hall–Kier alpha value is -1.58. The molecule has 1 N–H and O–H groups in total. The van der Waals surface area contributed by atoms with Gasteiger partial charge in [-0.3, -0.25) is 0 Å². The van der Waals surface area contributed by atoms with E-state index in [0.29, 0.717) is 13.2 Å². The lowest BCUT2D eigenvalue weighted by Crippen LogP contribution is -1.99. The second kappa shape index (κ2) is 3.77. The van der Waals surface area contributed by atoms with E-state index in [1.54, 1.807) is 6.07 Å². The molecule has 0 saturated carbocycles. The highest BCUT2D eigenvalue weighted by Gasteiger charge is 2.23. The van der Waals surface area contributed by atoms with E-state index in [2.05, 4.69) is 0 Å². The molecule has 0 unspecified atom stereocenters. The predicted molar refractivity (Wildman–Crippen MR) is 60.3 cm³/mol. The maximum absolute atomic E-state index is 9.91. The lowest BCUT2D eigenvalue weighted by atomic mass is 10.0. The summed E-state index contributed by atoms with van der Waals surface area (Å²) in [7, 11) is 0. The van der Waals surface area contributed by atoms with Crippen molar-refractivity contribution < 1.29 is 14.6 Å². The molecule has 0 amide bonds. The molecule has 1 aliphatic rings. The van der Waals surface area contributed by atoms with E-state index in [4.69, 9.17) is 9.47 Å². The maximum Gasteiger partial charge on any atom is 0.188 e. The minimum atomic E-state index is -0.439. The van der Waals surface area contributed by atoms with Gasteiger partial charge in [0.25, 0.3) is 0 Å². The fourth-order valence-electron chi connectivity index (χ4n) is 2.06. The van der Waals surface area contributed by atoms with Gasteiger partial charge in [-0.2, -0.15) is 0 Å². The Bertz CT molecular complexity index is 516. The molecule has 1 saturated heterocycles. The van der Waals surface area contributed by atoms with Crippen molar-refractivity contribution in [3.8, 4) is 5.75 Å². The van der Waals surface area contributed by atoms with Crippen LogP contribution in [0, 0.1) is 0 Å². The molecule has 0 spiro atoms. The first kappa shape index (κ1) is 9.63. The number of rotatable bonds is 1. The van der Waals surface area contributed by atoms with E-state index in [9.17, 15) is 5.11 Å². The number of benzene rings is 2. The quantitative estimate of drug-likeness (QED) is 0.796. The molecule has 3 heteroatoms. The molecule has 2 aromatic carbocycles. The van der Waals surface area contributed by atoms with Gasteiger partial charge in [0.05, 0.1) is 18.8 Å². The third-order valence-corrected chi connectivity index (χ3v) is 2.81. The monoisotopic (exact) mass is 216 g/mol. The molecule has 0 aliphatic carbocycles. The third-order valence-electron chi connectivity index (χ3n) is 2.81. The standard InChI is InChI=1S/C13H12O3/c14-11-6-5-9-3-1-2-4-10(9)12(11)13-15-7-8-16-13/h1-6,13-14H,7-8H2. The van der Waals surface area contributed by atoms with Crippen molar-refractivity contribution in [2.45, 2.75) is 6.29 Å². The second-order valence-corrected chi connectivity index (χ2v) is 3.79. The van der Waals surface area contributed by atoms with Crippen molar-refractivity contribution >= 4 is 10.8 Å². The molecule has 3 nitrogen and oxygen atoms in total. The predicted octanol–water partition coefficient (Wildman–Crippen LogP) is 2.59. The molecule has 2 aromatic rings. The molecular weight excluding hydrogens is 204 g/mol. The van der Waals surface area contributed by atoms with Gasteiger partial charge in [0, 0.05) is 0 Å². The van der Waals surface area contributed by atoms with Crippen LogP contribution in [0.15, 0.2) is 36.4 Å². The molecule has 0 bridgehead atoms. The van der Waals surface area contributed by atoms with Gasteiger partial charge in [0.1, 0.15) is 5.75 Å². The van der Waals surface area contributed by atoms with Crippen LogP contribution in [0.3, 0.4) is 0 Å². The van der Waals surface area contributed by atoms with E-state index in [0.717, 1.165) is 16.3 Å². The SMILES string of the molecule is Oc1ccc2ccccc2c1C1OCCO1. The van der Waals surface area contributed by atoms with Crippen LogP contribution in [-0.4, -0.2) is 18.3 Å². The molecule has 82 valence electrons. The first-order chi connectivity index (χ1) is 7.86. The molecule has 1 aliphatic heterocycles. The Labute approximate surface area is 93.2 Å². The number of aromatic hydroxyl groups is 1. The van der Waals surface area contributed by atoms with Gasteiger partial charge < -0.3 is 14.6 Å². The Morgan fingerprint density at radius 2 is 1.75 bits per heavy atom. The van der Waals surface area contributed by atoms with E-state index in [-0.39, 0.29) is 5.75 Å². The number of phenols is 1.